The largest absolute Gasteiger partial charge is 0.361 e. The second-order valence-electron chi connectivity index (χ2n) is 5.86. The Morgan fingerprint density at radius 3 is 2.88 bits per heavy atom. The van der Waals surface area contributed by atoms with Crippen molar-refractivity contribution in [2.75, 3.05) is 5.32 Å². The molecule has 6 heteroatoms. The first-order valence-electron chi connectivity index (χ1n) is 8.04. The van der Waals surface area contributed by atoms with Gasteiger partial charge in [0.1, 0.15) is 5.69 Å². The smallest absolute Gasteiger partial charge is 0.270 e. The number of carbonyl (C=O) groups is 1. The quantitative estimate of drug-likeness (QED) is 0.536. The average molecular weight is 332 g/mol. The molecule has 0 aliphatic rings. The molecule has 0 fully saturated rings. The van der Waals surface area contributed by atoms with E-state index in [1.54, 1.807) is 6.07 Å². The van der Waals surface area contributed by atoms with Crippen LogP contribution in [0.2, 0.25) is 0 Å². The molecule has 0 saturated carbocycles. The van der Waals surface area contributed by atoms with Crippen molar-refractivity contribution in [2.24, 2.45) is 0 Å². The summed E-state index contributed by atoms with van der Waals surface area (Å²) in [6.45, 7) is 0. The van der Waals surface area contributed by atoms with Crippen molar-refractivity contribution in [3.05, 3.63) is 70.8 Å². The highest BCUT2D eigenvalue weighted by Gasteiger charge is 2.09. The van der Waals surface area contributed by atoms with Gasteiger partial charge in [-0.2, -0.15) is 0 Å². The Labute approximate surface area is 142 Å². The second-order valence-corrected chi connectivity index (χ2v) is 5.86. The summed E-state index contributed by atoms with van der Waals surface area (Å²) < 4.78 is 0. The van der Waals surface area contributed by atoms with Gasteiger partial charge in [0, 0.05) is 35.6 Å². The molecule has 0 spiro atoms. The summed E-state index contributed by atoms with van der Waals surface area (Å²) in [4.78, 5) is 34.5. The molecule has 0 aliphatic heterocycles. The number of carbonyl (C=O) groups excluding carboxylic acids is 1. The van der Waals surface area contributed by atoms with E-state index < -0.39 is 0 Å². The van der Waals surface area contributed by atoms with Crippen LogP contribution in [0.5, 0.6) is 0 Å². The highest BCUT2D eigenvalue weighted by molar-refractivity contribution is 5.93. The number of nitrogens with one attached hydrogen (secondary N) is 3. The maximum atomic E-state index is 12.2. The first-order valence-corrected chi connectivity index (χ1v) is 8.04. The monoisotopic (exact) mass is 332 g/mol. The minimum Gasteiger partial charge on any atom is -0.361 e. The van der Waals surface area contributed by atoms with Gasteiger partial charge in [-0.05, 0) is 36.4 Å². The molecule has 2 aromatic heterocycles. The number of nitrogens with zero attached hydrogens (tertiary/aromatic N) is 1. The van der Waals surface area contributed by atoms with E-state index in [9.17, 15) is 9.59 Å². The molecule has 0 saturated heterocycles. The van der Waals surface area contributed by atoms with Gasteiger partial charge in [0.15, 0.2) is 0 Å². The SMILES string of the molecule is O=C(CCc1nc2ccccc2[nH]c1=O)Nc1ccc2[nH]ccc2c1. The van der Waals surface area contributed by atoms with Gasteiger partial charge in [-0.3, -0.25) is 9.59 Å². The number of hydrogen-bond donors (Lipinski definition) is 3. The van der Waals surface area contributed by atoms with Crippen LogP contribution in [-0.2, 0) is 11.2 Å². The number of para-hydroxylation sites is 2. The summed E-state index contributed by atoms with van der Waals surface area (Å²) in [5.74, 6) is -0.149. The van der Waals surface area contributed by atoms with Crippen LogP contribution >= 0.6 is 0 Å². The maximum absolute atomic E-state index is 12.2. The van der Waals surface area contributed by atoms with Crippen LogP contribution in [0.1, 0.15) is 12.1 Å². The van der Waals surface area contributed by atoms with Crippen LogP contribution in [0.25, 0.3) is 21.9 Å². The predicted molar refractivity (Wildman–Crippen MR) is 97.6 cm³/mol. The van der Waals surface area contributed by atoms with Crippen molar-refractivity contribution in [2.45, 2.75) is 12.8 Å². The molecule has 2 heterocycles. The summed E-state index contributed by atoms with van der Waals surface area (Å²) in [5.41, 5.74) is 3.29. The molecule has 1 amide bonds. The van der Waals surface area contributed by atoms with Crippen LogP contribution in [0, 0.1) is 0 Å². The van der Waals surface area contributed by atoms with Gasteiger partial charge < -0.3 is 15.3 Å². The lowest BCUT2D eigenvalue weighted by Gasteiger charge is -2.06. The first kappa shape index (κ1) is 15.1. The molecule has 0 atom stereocenters. The zero-order valence-electron chi connectivity index (χ0n) is 13.4. The number of hydrogen-bond acceptors (Lipinski definition) is 3. The number of amides is 1. The van der Waals surface area contributed by atoms with E-state index >= 15 is 0 Å². The Bertz CT molecular complexity index is 1130. The van der Waals surface area contributed by atoms with E-state index in [0.29, 0.717) is 17.6 Å². The van der Waals surface area contributed by atoms with E-state index in [1.165, 1.54) is 0 Å². The minimum atomic E-state index is -0.250. The van der Waals surface area contributed by atoms with Crippen molar-refractivity contribution in [3.63, 3.8) is 0 Å². The fraction of sp³-hybridized carbons (Fsp3) is 0.105. The number of aryl methyl sites for hydroxylation is 1. The van der Waals surface area contributed by atoms with Crippen LogP contribution in [0.15, 0.2) is 59.5 Å². The Kier molecular flexibility index (Phi) is 3.78. The molecule has 3 N–H and O–H groups in total. The lowest BCUT2D eigenvalue weighted by atomic mass is 10.2. The molecule has 25 heavy (non-hydrogen) atoms. The Hall–Kier alpha value is -3.41. The van der Waals surface area contributed by atoms with Gasteiger partial charge in [0.2, 0.25) is 5.91 Å². The van der Waals surface area contributed by atoms with Gasteiger partial charge in [0.25, 0.3) is 5.56 Å². The minimum absolute atomic E-state index is 0.149. The third kappa shape index (κ3) is 3.14. The average Bonchev–Trinajstić information content (AvgIpc) is 3.07. The van der Waals surface area contributed by atoms with E-state index in [0.717, 1.165) is 22.1 Å². The normalized spacial score (nSPS) is 11.0. The van der Waals surface area contributed by atoms with Gasteiger partial charge in [-0.15, -0.1) is 0 Å². The summed E-state index contributed by atoms with van der Waals surface area (Å²) in [5, 5.41) is 3.89. The number of benzene rings is 2. The van der Waals surface area contributed by atoms with Crippen LogP contribution in [0.4, 0.5) is 5.69 Å². The molecular weight excluding hydrogens is 316 g/mol. The zero-order chi connectivity index (χ0) is 17.2. The first-order chi connectivity index (χ1) is 12.2. The zero-order valence-corrected chi connectivity index (χ0v) is 13.4. The lowest BCUT2D eigenvalue weighted by Crippen LogP contribution is -2.18. The topological polar surface area (TPSA) is 90.6 Å². The molecule has 0 aliphatic carbocycles. The van der Waals surface area contributed by atoms with Crippen LogP contribution in [0.3, 0.4) is 0 Å². The molecule has 2 aromatic carbocycles. The molecule has 124 valence electrons. The van der Waals surface area contributed by atoms with Crippen molar-refractivity contribution in [1.82, 2.24) is 15.0 Å². The van der Waals surface area contributed by atoms with Crippen LogP contribution in [-0.4, -0.2) is 20.9 Å². The van der Waals surface area contributed by atoms with Gasteiger partial charge in [-0.25, -0.2) is 4.98 Å². The van der Waals surface area contributed by atoms with E-state index in [1.807, 2.05) is 48.7 Å². The third-order valence-corrected chi connectivity index (χ3v) is 4.10. The van der Waals surface area contributed by atoms with Gasteiger partial charge in [0.05, 0.1) is 11.0 Å². The standard InChI is InChI=1S/C19H16N4O2/c24-18(21-13-5-6-14-12(11-13)9-10-20-14)8-7-17-19(25)23-16-4-2-1-3-15(16)22-17/h1-6,9-11,20H,7-8H2,(H,21,24)(H,23,25). The Morgan fingerprint density at radius 2 is 1.96 bits per heavy atom. The highest BCUT2D eigenvalue weighted by atomic mass is 16.1. The predicted octanol–water partition coefficient (Wildman–Crippen LogP) is 2.98. The molecule has 6 nitrogen and oxygen atoms in total. The summed E-state index contributed by atoms with van der Waals surface area (Å²) in [6.07, 6.45) is 2.34. The summed E-state index contributed by atoms with van der Waals surface area (Å²) in [6, 6.07) is 15.0. The number of H-pyrrole nitrogens is 2. The molecule has 0 bridgehead atoms. The number of rotatable bonds is 4. The number of anilines is 1. The van der Waals surface area contributed by atoms with Crippen LogP contribution < -0.4 is 10.9 Å². The van der Waals surface area contributed by atoms with E-state index in [-0.39, 0.29) is 17.9 Å². The Morgan fingerprint density at radius 1 is 1.08 bits per heavy atom. The summed E-state index contributed by atoms with van der Waals surface area (Å²) >= 11 is 0. The fourth-order valence-corrected chi connectivity index (χ4v) is 2.82. The van der Waals surface area contributed by atoms with Crippen molar-refractivity contribution in [3.8, 4) is 0 Å². The summed E-state index contributed by atoms with van der Waals surface area (Å²) in [7, 11) is 0. The van der Waals surface area contributed by atoms with E-state index in [2.05, 4.69) is 20.3 Å². The number of fused-ring (bicyclic) bond motifs is 2. The molecule has 4 rings (SSSR count). The van der Waals surface area contributed by atoms with Crippen molar-refractivity contribution >= 4 is 33.5 Å². The Balaban J connectivity index is 1.46. The fourth-order valence-electron chi connectivity index (χ4n) is 2.82. The van der Waals surface area contributed by atoms with E-state index in [4.69, 9.17) is 0 Å². The number of aromatic nitrogens is 3. The van der Waals surface area contributed by atoms with Crippen molar-refractivity contribution in [1.29, 1.82) is 0 Å². The third-order valence-electron chi connectivity index (χ3n) is 4.10. The maximum Gasteiger partial charge on any atom is 0.270 e. The number of aromatic amines is 2. The molecule has 0 radical (unpaired) electrons. The second kappa shape index (κ2) is 6.24. The highest BCUT2D eigenvalue weighted by Crippen LogP contribution is 2.18. The lowest BCUT2D eigenvalue weighted by molar-refractivity contribution is -0.116. The van der Waals surface area contributed by atoms with Crippen molar-refractivity contribution < 1.29 is 4.79 Å². The van der Waals surface area contributed by atoms with Gasteiger partial charge in [-0.1, -0.05) is 12.1 Å². The van der Waals surface area contributed by atoms with Gasteiger partial charge >= 0.3 is 0 Å². The molecule has 4 aromatic rings. The molecular formula is C19H16N4O2. The molecule has 0 unspecified atom stereocenters.